The van der Waals surface area contributed by atoms with Crippen molar-refractivity contribution in [3.63, 3.8) is 0 Å². The highest BCUT2D eigenvalue weighted by Crippen LogP contribution is 2.34. The molecule has 35 heavy (non-hydrogen) atoms. The lowest BCUT2D eigenvalue weighted by Gasteiger charge is -2.28. The molecule has 1 saturated carbocycles. The normalized spacial score (nSPS) is 17.7. The monoisotopic (exact) mass is 474 g/mol. The highest BCUT2D eigenvalue weighted by molar-refractivity contribution is 5.97. The molecule has 1 fully saturated rings. The van der Waals surface area contributed by atoms with E-state index >= 15 is 0 Å². The molecular formula is C28H34N4O3. The van der Waals surface area contributed by atoms with Gasteiger partial charge in [-0.25, -0.2) is 0 Å². The molecule has 3 aromatic rings. The van der Waals surface area contributed by atoms with E-state index in [0.717, 1.165) is 74.9 Å². The lowest BCUT2D eigenvalue weighted by molar-refractivity contribution is -0.119. The molecule has 5 rings (SSSR count). The molecular weight excluding hydrogens is 440 g/mol. The SMILES string of the molecule is Cc1ccc(-c2cc(C(=O)N3CCCCCCCCN(C(=O)C4CC4)c4ccccc4C3)n[nH]2)o1. The van der Waals surface area contributed by atoms with Crippen molar-refractivity contribution >= 4 is 17.5 Å². The Hall–Kier alpha value is -3.35. The van der Waals surface area contributed by atoms with Crippen LogP contribution in [-0.2, 0) is 11.3 Å². The van der Waals surface area contributed by atoms with Crippen molar-refractivity contribution in [3.05, 3.63) is 59.5 Å². The first kappa shape index (κ1) is 23.4. The lowest BCUT2D eigenvalue weighted by Crippen LogP contribution is -2.36. The van der Waals surface area contributed by atoms with Crippen LogP contribution in [0.25, 0.3) is 11.5 Å². The van der Waals surface area contributed by atoms with Gasteiger partial charge in [0.05, 0.1) is 0 Å². The third kappa shape index (κ3) is 5.50. The number of nitrogens with zero attached hydrogens (tertiary/aromatic N) is 3. The first-order valence-electron chi connectivity index (χ1n) is 12.9. The summed E-state index contributed by atoms with van der Waals surface area (Å²) in [7, 11) is 0. The number of rotatable bonds is 3. The lowest BCUT2D eigenvalue weighted by atomic mass is 10.1. The minimum Gasteiger partial charge on any atom is -0.460 e. The first-order chi connectivity index (χ1) is 17.1. The molecule has 0 bridgehead atoms. The molecule has 1 aromatic carbocycles. The zero-order valence-corrected chi connectivity index (χ0v) is 20.5. The molecule has 1 aliphatic heterocycles. The molecule has 2 aliphatic rings. The number of carbonyl (C=O) groups excluding carboxylic acids is 2. The van der Waals surface area contributed by atoms with Gasteiger partial charge in [0.1, 0.15) is 11.5 Å². The summed E-state index contributed by atoms with van der Waals surface area (Å²) in [5.74, 6) is 1.75. The van der Waals surface area contributed by atoms with E-state index in [-0.39, 0.29) is 17.7 Å². The number of nitrogens with one attached hydrogen (secondary N) is 1. The second-order valence-electron chi connectivity index (χ2n) is 9.82. The smallest absolute Gasteiger partial charge is 0.274 e. The van der Waals surface area contributed by atoms with E-state index in [2.05, 4.69) is 10.2 Å². The Morgan fingerprint density at radius 2 is 1.71 bits per heavy atom. The number of para-hydroxylation sites is 1. The standard InChI is InChI=1S/C28H34N4O3/c1-20-12-15-26(35-20)23-18-24(30-29-23)28(34)31-16-8-4-2-3-5-9-17-32(27(33)21-13-14-21)25-11-7-6-10-22(25)19-31/h6-7,10-12,15,18,21H,2-5,8-9,13-14,16-17,19H2,1H3,(H,29,30). The number of amides is 2. The molecule has 0 spiro atoms. The number of carbonyl (C=O) groups is 2. The zero-order chi connectivity index (χ0) is 24.2. The summed E-state index contributed by atoms with van der Waals surface area (Å²) in [6.07, 6.45) is 8.46. The largest absolute Gasteiger partial charge is 0.460 e. The molecule has 0 atom stereocenters. The summed E-state index contributed by atoms with van der Waals surface area (Å²) in [6.45, 7) is 3.74. The molecule has 0 saturated heterocycles. The maximum absolute atomic E-state index is 13.6. The van der Waals surface area contributed by atoms with E-state index in [1.165, 1.54) is 0 Å². The van der Waals surface area contributed by atoms with Crippen LogP contribution in [0.4, 0.5) is 5.69 Å². The van der Waals surface area contributed by atoms with E-state index < -0.39 is 0 Å². The number of H-pyrrole nitrogens is 1. The summed E-state index contributed by atoms with van der Waals surface area (Å²) in [5, 5.41) is 7.26. The van der Waals surface area contributed by atoms with Crippen molar-refractivity contribution in [2.24, 2.45) is 5.92 Å². The van der Waals surface area contributed by atoms with Crippen LogP contribution in [0.5, 0.6) is 0 Å². The van der Waals surface area contributed by atoms with Gasteiger partial charge in [0.25, 0.3) is 5.91 Å². The van der Waals surface area contributed by atoms with Gasteiger partial charge in [0, 0.05) is 37.3 Å². The summed E-state index contributed by atoms with van der Waals surface area (Å²) < 4.78 is 5.68. The molecule has 184 valence electrons. The van der Waals surface area contributed by atoms with Crippen LogP contribution in [0.15, 0.2) is 46.9 Å². The fraction of sp³-hybridized carbons (Fsp3) is 0.464. The van der Waals surface area contributed by atoms with Crippen molar-refractivity contribution in [2.45, 2.75) is 64.8 Å². The first-order valence-corrected chi connectivity index (χ1v) is 12.9. The van der Waals surface area contributed by atoms with Gasteiger partial charge in [-0.05, 0) is 56.4 Å². The number of fused-ring (bicyclic) bond motifs is 1. The summed E-state index contributed by atoms with van der Waals surface area (Å²) in [6, 6.07) is 13.6. The Balaban J connectivity index is 1.43. The molecule has 0 radical (unpaired) electrons. The van der Waals surface area contributed by atoms with Crippen molar-refractivity contribution in [1.29, 1.82) is 0 Å². The third-order valence-corrected chi connectivity index (χ3v) is 6.99. The predicted molar refractivity (Wildman–Crippen MR) is 135 cm³/mol. The van der Waals surface area contributed by atoms with Crippen LogP contribution in [0.2, 0.25) is 0 Å². The molecule has 7 nitrogen and oxygen atoms in total. The quantitative estimate of drug-likeness (QED) is 0.526. The average Bonchev–Trinajstić information content (AvgIpc) is 3.43. The van der Waals surface area contributed by atoms with E-state index in [1.807, 2.05) is 53.1 Å². The van der Waals surface area contributed by atoms with Crippen molar-refractivity contribution in [3.8, 4) is 11.5 Å². The van der Waals surface area contributed by atoms with Crippen molar-refractivity contribution in [2.75, 3.05) is 18.0 Å². The average molecular weight is 475 g/mol. The molecule has 1 aliphatic carbocycles. The van der Waals surface area contributed by atoms with E-state index in [1.54, 1.807) is 6.07 Å². The fourth-order valence-electron chi connectivity index (χ4n) is 4.84. The van der Waals surface area contributed by atoms with Gasteiger partial charge in [0.2, 0.25) is 5.91 Å². The fourth-order valence-corrected chi connectivity index (χ4v) is 4.84. The van der Waals surface area contributed by atoms with Crippen LogP contribution in [0.3, 0.4) is 0 Å². The number of hydrogen-bond donors (Lipinski definition) is 1. The van der Waals surface area contributed by atoms with Crippen LogP contribution in [0.1, 0.15) is 73.2 Å². The number of furan rings is 1. The number of benzene rings is 1. The van der Waals surface area contributed by atoms with Crippen LogP contribution in [-0.4, -0.2) is 40.0 Å². The highest BCUT2D eigenvalue weighted by Gasteiger charge is 2.34. The molecule has 1 N–H and O–H groups in total. The molecule has 3 heterocycles. The van der Waals surface area contributed by atoms with E-state index in [4.69, 9.17) is 4.42 Å². The molecule has 2 aromatic heterocycles. The van der Waals surface area contributed by atoms with Gasteiger partial charge >= 0.3 is 0 Å². The second kappa shape index (κ2) is 10.5. The minimum absolute atomic E-state index is 0.111. The van der Waals surface area contributed by atoms with Gasteiger partial charge in [0.15, 0.2) is 11.5 Å². The molecule has 7 heteroatoms. The number of anilines is 1. The number of aryl methyl sites for hydroxylation is 1. The molecule has 2 amide bonds. The van der Waals surface area contributed by atoms with Crippen molar-refractivity contribution < 1.29 is 14.0 Å². The van der Waals surface area contributed by atoms with Gasteiger partial charge in [-0.2, -0.15) is 5.10 Å². The maximum atomic E-state index is 13.6. The van der Waals surface area contributed by atoms with Gasteiger partial charge in [-0.15, -0.1) is 0 Å². The minimum atomic E-state index is -0.111. The maximum Gasteiger partial charge on any atom is 0.274 e. The van der Waals surface area contributed by atoms with Crippen LogP contribution >= 0.6 is 0 Å². The second-order valence-corrected chi connectivity index (χ2v) is 9.82. The Morgan fingerprint density at radius 3 is 2.46 bits per heavy atom. The Morgan fingerprint density at radius 1 is 0.971 bits per heavy atom. The predicted octanol–water partition coefficient (Wildman–Crippen LogP) is 5.72. The Bertz CT molecular complexity index is 1180. The summed E-state index contributed by atoms with van der Waals surface area (Å²) in [5.41, 5.74) is 3.01. The summed E-state index contributed by atoms with van der Waals surface area (Å²) >= 11 is 0. The van der Waals surface area contributed by atoms with Crippen LogP contribution < -0.4 is 4.90 Å². The van der Waals surface area contributed by atoms with E-state index in [0.29, 0.717) is 30.2 Å². The van der Waals surface area contributed by atoms with Crippen LogP contribution in [0, 0.1) is 12.8 Å². The topological polar surface area (TPSA) is 82.4 Å². The third-order valence-electron chi connectivity index (χ3n) is 6.99. The number of aromatic nitrogens is 2. The van der Waals surface area contributed by atoms with E-state index in [9.17, 15) is 9.59 Å². The number of aromatic amines is 1. The Labute approximate surface area is 206 Å². The highest BCUT2D eigenvalue weighted by atomic mass is 16.3. The zero-order valence-electron chi connectivity index (χ0n) is 20.5. The van der Waals surface area contributed by atoms with Gasteiger partial charge < -0.3 is 14.2 Å². The van der Waals surface area contributed by atoms with Gasteiger partial charge in [-0.1, -0.05) is 43.9 Å². The Kier molecular flexibility index (Phi) is 7.02. The number of hydrogen-bond acceptors (Lipinski definition) is 4. The van der Waals surface area contributed by atoms with Crippen molar-refractivity contribution in [1.82, 2.24) is 15.1 Å². The molecule has 0 unspecified atom stereocenters. The van der Waals surface area contributed by atoms with Gasteiger partial charge in [-0.3, -0.25) is 14.7 Å². The summed E-state index contributed by atoms with van der Waals surface area (Å²) in [4.78, 5) is 30.7.